The normalized spacial score (nSPS) is 16.0. The van der Waals surface area contributed by atoms with Crippen LogP contribution in [0.25, 0.3) is 11.1 Å². The molecule has 1 amide bonds. The first-order chi connectivity index (χ1) is 15.6. The van der Waals surface area contributed by atoms with Crippen molar-refractivity contribution in [3.05, 3.63) is 60.3 Å². The van der Waals surface area contributed by atoms with Gasteiger partial charge in [0.25, 0.3) is 5.91 Å². The zero-order valence-corrected chi connectivity index (χ0v) is 18.7. The number of hydrogen-bond donors (Lipinski definition) is 0. The topological polar surface area (TPSA) is 84.3 Å². The molecule has 1 aliphatic heterocycles. The van der Waals surface area contributed by atoms with Crippen LogP contribution in [0.2, 0.25) is 0 Å². The van der Waals surface area contributed by atoms with Gasteiger partial charge >= 0.3 is 0 Å². The third kappa shape index (κ3) is 4.39. The van der Waals surface area contributed by atoms with Gasteiger partial charge in [0.1, 0.15) is 5.56 Å². The van der Waals surface area contributed by atoms with Gasteiger partial charge in [-0.15, -0.1) is 0 Å². The summed E-state index contributed by atoms with van der Waals surface area (Å²) in [5.74, 6) is 0.902. The van der Waals surface area contributed by atoms with E-state index in [9.17, 15) is 4.79 Å². The van der Waals surface area contributed by atoms with Gasteiger partial charge in [-0.2, -0.15) is 0 Å². The minimum atomic E-state index is -0.171. The molecule has 1 fully saturated rings. The lowest BCUT2D eigenvalue weighted by Crippen LogP contribution is -2.39. The molecule has 8 heteroatoms. The Kier molecular flexibility index (Phi) is 6.58. The minimum absolute atomic E-state index is 0.0862. The smallest absolute Gasteiger partial charge is 0.259 e. The van der Waals surface area contributed by atoms with Crippen LogP contribution in [-0.2, 0) is 0 Å². The molecule has 0 unspecified atom stereocenters. The zero-order valence-electron chi connectivity index (χ0n) is 18.7. The number of pyridine rings is 2. The summed E-state index contributed by atoms with van der Waals surface area (Å²) in [5.41, 5.74) is 3.23. The molecule has 3 aromatic rings. The Morgan fingerprint density at radius 2 is 1.97 bits per heavy atom. The summed E-state index contributed by atoms with van der Waals surface area (Å²) in [6, 6.07) is 7.27. The number of amides is 1. The number of piperidine rings is 1. The number of aromatic nitrogens is 4. The lowest BCUT2D eigenvalue weighted by molar-refractivity contribution is 0.0601. The van der Waals surface area contributed by atoms with Crippen molar-refractivity contribution >= 4 is 11.9 Å². The first-order valence-corrected chi connectivity index (χ1v) is 10.9. The van der Waals surface area contributed by atoms with E-state index in [-0.39, 0.29) is 11.9 Å². The summed E-state index contributed by atoms with van der Waals surface area (Å²) < 4.78 is 5.64. The van der Waals surface area contributed by atoms with Gasteiger partial charge in [-0.05, 0) is 56.0 Å². The summed E-state index contributed by atoms with van der Waals surface area (Å²) >= 11 is 0. The number of ether oxygens (including phenoxy) is 1. The van der Waals surface area contributed by atoms with Crippen molar-refractivity contribution in [1.82, 2.24) is 24.8 Å². The van der Waals surface area contributed by atoms with Crippen LogP contribution in [0.4, 0.5) is 5.95 Å². The van der Waals surface area contributed by atoms with Crippen LogP contribution in [-0.4, -0.2) is 58.0 Å². The van der Waals surface area contributed by atoms with E-state index < -0.39 is 0 Å². The SMILES string of the molecule is CCOc1ncccc1C(=O)N1CCCC[C@H]1c1nc(N(C)C)ncc1-c1ccncc1. The summed E-state index contributed by atoms with van der Waals surface area (Å²) in [5, 5.41) is 0. The Hall–Kier alpha value is -3.55. The van der Waals surface area contributed by atoms with Crippen LogP contribution >= 0.6 is 0 Å². The molecular formula is C24H28N6O2. The molecule has 1 atom stereocenters. The molecule has 166 valence electrons. The Morgan fingerprint density at radius 1 is 1.16 bits per heavy atom. The molecular weight excluding hydrogens is 404 g/mol. The van der Waals surface area contributed by atoms with Gasteiger partial charge in [0, 0.05) is 51.0 Å². The number of carbonyl (C=O) groups is 1. The van der Waals surface area contributed by atoms with Gasteiger partial charge in [-0.1, -0.05) is 0 Å². The van der Waals surface area contributed by atoms with E-state index in [1.807, 2.05) is 49.1 Å². The monoisotopic (exact) mass is 432 g/mol. The van der Waals surface area contributed by atoms with Gasteiger partial charge in [0.15, 0.2) is 0 Å². The molecule has 4 rings (SSSR count). The van der Waals surface area contributed by atoms with Gasteiger partial charge in [-0.25, -0.2) is 15.0 Å². The molecule has 4 heterocycles. The van der Waals surface area contributed by atoms with E-state index >= 15 is 0 Å². The predicted molar refractivity (Wildman–Crippen MR) is 123 cm³/mol. The average molecular weight is 433 g/mol. The molecule has 0 saturated carbocycles. The van der Waals surface area contributed by atoms with Crippen molar-refractivity contribution in [3.63, 3.8) is 0 Å². The number of hydrogen-bond acceptors (Lipinski definition) is 7. The number of likely N-dealkylation sites (tertiary alicyclic amines) is 1. The summed E-state index contributed by atoms with van der Waals surface area (Å²) in [7, 11) is 3.83. The second kappa shape index (κ2) is 9.72. The first-order valence-electron chi connectivity index (χ1n) is 10.9. The molecule has 0 aromatic carbocycles. The average Bonchev–Trinajstić information content (AvgIpc) is 2.84. The molecule has 0 aliphatic carbocycles. The Balaban J connectivity index is 1.79. The molecule has 1 saturated heterocycles. The summed E-state index contributed by atoms with van der Waals surface area (Å²) in [6.07, 6.45) is 9.81. The highest BCUT2D eigenvalue weighted by Crippen LogP contribution is 2.37. The molecule has 1 aliphatic rings. The third-order valence-electron chi connectivity index (χ3n) is 5.56. The largest absolute Gasteiger partial charge is 0.477 e. The summed E-state index contributed by atoms with van der Waals surface area (Å²) in [4.78, 5) is 35.3. The van der Waals surface area contributed by atoms with Crippen LogP contribution < -0.4 is 9.64 Å². The second-order valence-electron chi connectivity index (χ2n) is 7.90. The highest BCUT2D eigenvalue weighted by atomic mass is 16.5. The third-order valence-corrected chi connectivity index (χ3v) is 5.56. The van der Waals surface area contributed by atoms with Crippen molar-refractivity contribution in [2.45, 2.75) is 32.2 Å². The van der Waals surface area contributed by atoms with Gasteiger partial charge < -0.3 is 14.5 Å². The molecule has 0 bridgehead atoms. The van der Waals surface area contributed by atoms with Crippen LogP contribution in [0.3, 0.4) is 0 Å². The fourth-order valence-corrected chi connectivity index (χ4v) is 4.03. The Morgan fingerprint density at radius 3 is 2.72 bits per heavy atom. The maximum Gasteiger partial charge on any atom is 0.259 e. The van der Waals surface area contributed by atoms with Crippen LogP contribution in [0.15, 0.2) is 49.1 Å². The summed E-state index contributed by atoms with van der Waals surface area (Å²) in [6.45, 7) is 2.99. The molecule has 0 N–H and O–H groups in total. The van der Waals surface area contributed by atoms with Crippen molar-refractivity contribution in [3.8, 4) is 17.0 Å². The number of carbonyl (C=O) groups excluding carboxylic acids is 1. The van der Waals surface area contributed by atoms with Crippen LogP contribution in [0.1, 0.15) is 48.3 Å². The Labute approximate surface area is 188 Å². The lowest BCUT2D eigenvalue weighted by atomic mass is 9.93. The molecule has 32 heavy (non-hydrogen) atoms. The Bertz CT molecular complexity index is 1070. The fourth-order valence-electron chi connectivity index (χ4n) is 4.03. The van der Waals surface area contributed by atoms with Gasteiger partial charge in [0.2, 0.25) is 11.8 Å². The van der Waals surface area contributed by atoms with E-state index in [2.05, 4.69) is 15.0 Å². The number of nitrogens with zero attached hydrogens (tertiary/aromatic N) is 6. The quantitative estimate of drug-likeness (QED) is 0.586. The first kappa shape index (κ1) is 21.7. The molecule has 3 aromatic heterocycles. The van der Waals surface area contributed by atoms with Crippen LogP contribution in [0.5, 0.6) is 5.88 Å². The van der Waals surface area contributed by atoms with Crippen molar-refractivity contribution in [2.24, 2.45) is 0 Å². The van der Waals surface area contributed by atoms with E-state index in [0.29, 0.717) is 30.5 Å². The van der Waals surface area contributed by atoms with E-state index in [1.165, 1.54) is 0 Å². The lowest BCUT2D eigenvalue weighted by Gasteiger charge is -2.36. The van der Waals surface area contributed by atoms with Crippen molar-refractivity contribution < 1.29 is 9.53 Å². The highest BCUT2D eigenvalue weighted by molar-refractivity contribution is 5.96. The fraction of sp³-hybridized carbons (Fsp3) is 0.375. The number of anilines is 1. The van der Waals surface area contributed by atoms with Crippen LogP contribution in [0, 0.1) is 0 Å². The standard InChI is InChI=1S/C24H28N6O2/c1-4-32-22-18(8-7-12-26-22)23(31)30-15-6-5-9-20(30)21-19(17-10-13-25-14-11-17)16-27-24(28-21)29(2)3/h7-8,10-14,16,20H,4-6,9,15H2,1-3H3/t20-/m0/s1. The highest BCUT2D eigenvalue weighted by Gasteiger charge is 2.33. The van der Waals surface area contributed by atoms with Gasteiger partial charge in [-0.3, -0.25) is 9.78 Å². The molecule has 0 spiro atoms. The molecule has 0 radical (unpaired) electrons. The zero-order chi connectivity index (χ0) is 22.5. The molecule has 8 nitrogen and oxygen atoms in total. The van der Waals surface area contributed by atoms with E-state index in [4.69, 9.17) is 9.72 Å². The van der Waals surface area contributed by atoms with E-state index in [1.54, 1.807) is 30.7 Å². The maximum absolute atomic E-state index is 13.7. The van der Waals surface area contributed by atoms with Gasteiger partial charge in [0.05, 0.1) is 18.3 Å². The minimum Gasteiger partial charge on any atom is -0.477 e. The van der Waals surface area contributed by atoms with Crippen molar-refractivity contribution in [2.75, 3.05) is 32.1 Å². The van der Waals surface area contributed by atoms with Crippen molar-refractivity contribution in [1.29, 1.82) is 0 Å². The van der Waals surface area contributed by atoms with E-state index in [0.717, 1.165) is 36.1 Å². The predicted octanol–water partition coefficient (Wildman–Crippen LogP) is 3.77. The number of rotatable bonds is 6. The second-order valence-corrected chi connectivity index (χ2v) is 7.90. The maximum atomic E-state index is 13.7.